The maximum Gasteiger partial charge on any atom is 0.304 e. The number of hydrogen-bond acceptors (Lipinski definition) is 5. The second-order valence-corrected chi connectivity index (χ2v) is 9.63. The van der Waals surface area contributed by atoms with Crippen molar-refractivity contribution in [3.8, 4) is 17.6 Å². The summed E-state index contributed by atoms with van der Waals surface area (Å²) in [6.07, 6.45) is 4.49. The molecule has 34 heavy (non-hydrogen) atoms. The fourth-order valence-corrected chi connectivity index (χ4v) is 5.40. The zero-order valence-corrected chi connectivity index (χ0v) is 19.7. The summed E-state index contributed by atoms with van der Waals surface area (Å²) >= 11 is 1.72. The lowest BCUT2D eigenvalue weighted by Crippen LogP contribution is -2.07. The van der Waals surface area contributed by atoms with Crippen molar-refractivity contribution in [1.29, 1.82) is 5.26 Å². The lowest BCUT2D eigenvalue weighted by atomic mass is 9.92. The highest BCUT2D eigenvalue weighted by Crippen LogP contribution is 2.42. The summed E-state index contributed by atoms with van der Waals surface area (Å²) in [5, 5.41) is 18.9. The van der Waals surface area contributed by atoms with Crippen LogP contribution in [0.1, 0.15) is 58.2 Å². The van der Waals surface area contributed by atoms with Gasteiger partial charge in [0.25, 0.3) is 0 Å². The number of benzene rings is 3. The molecule has 0 bridgehead atoms. The van der Waals surface area contributed by atoms with E-state index < -0.39 is 5.97 Å². The molecular weight excluding hydrogens is 446 g/mol. The molecule has 2 unspecified atom stereocenters. The molecule has 0 saturated heterocycles. The minimum atomic E-state index is -0.822. The van der Waals surface area contributed by atoms with Crippen LogP contribution in [-0.4, -0.2) is 23.9 Å². The van der Waals surface area contributed by atoms with Gasteiger partial charge in [0.1, 0.15) is 17.6 Å². The third-order valence-electron chi connectivity index (χ3n) is 6.70. The average Bonchev–Trinajstić information content (AvgIpc) is 3.43. The van der Waals surface area contributed by atoms with E-state index in [-0.39, 0.29) is 18.4 Å². The maximum atomic E-state index is 11.1. The number of ether oxygens (including phenoxy) is 2. The number of hydrogen-bond donors (Lipinski definition) is 1. The average molecular weight is 472 g/mol. The number of nitriles is 1. The number of rotatable bonds is 7. The highest BCUT2D eigenvalue weighted by atomic mass is 32.2. The second kappa shape index (κ2) is 9.44. The minimum Gasteiger partial charge on any atom is -0.492 e. The molecule has 2 atom stereocenters. The van der Waals surface area contributed by atoms with E-state index >= 15 is 0 Å². The van der Waals surface area contributed by atoms with E-state index in [9.17, 15) is 10.1 Å². The van der Waals surface area contributed by atoms with E-state index in [0.29, 0.717) is 18.1 Å². The molecule has 1 N–H and O–H groups in total. The van der Waals surface area contributed by atoms with Crippen LogP contribution >= 0.6 is 11.8 Å². The van der Waals surface area contributed by atoms with Crippen LogP contribution in [0, 0.1) is 11.3 Å². The Labute approximate surface area is 203 Å². The minimum absolute atomic E-state index is 0.0627. The van der Waals surface area contributed by atoms with E-state index in [2.05, 4.69) is 36.6 Å². The Hall–Kier alpha value is -3.43. The number of carboxylic acid groups (broad SMARTS) is 1. The van der Waals surface area contributed by atoms with Crippen molar-refractivity contribution in [2.45, 2.75) is 42.6 Å². The standard InChI is InChI=1S/C28H25NO4S/c1-34-21-6-2-17(3-7-21)12-25-18(15-29)4-8-24-23(25)10-11-26(24)33-20-5-9-22-19(13-28(30)31)16-32-27(22)14-20/h2-9,14,19,26H,10-13,16H2,1H3,(H,30,31). The smallest absolute Gasteiger partial charge is 0.304 e. The normalized spacial score (nSPS) is 18.0. The predicted molar refractivity (Wildman–Crippen MR) is 131 cm³/mol. The van der Waals surface area contributed by atoms with E-state index in [1.54, 1.807) is 11.8 Å². The van der Waals surface area contributed by atoms with Crippen LogP contribution in [-0.2, 0) is 17.6 Å². The first-order valence-electron chi connectivity index (χ1n) is 11.4. The first kappa shape index (κ1) is 22.4. The quantitative estimate of drug-likeness (QED) is 0.433. The van der Waals surface area contributed by atoms with Gasteiger partial charge in [-0.1, -0.05) is 24.3 Å². The summed E-state index contributed by atoms with van der Waals surface area (Å²) in [7, 11) is 0. The Morgan fingerprint density at radius 3 is 2.71 bits per heavy atom. The van der Waals surface area contributed by atoms with Gasteiger partial charge in [-0.05, 0) is 72.0 Å². The number of carboxylic acids is 1. The van der Waals surface area contributed by atoms with Crippen molar-refractivity contribution in [2.24, 2.45) is 0 Å². The Kier molecular flexibility index (Phi) is 6.21. The third kappa shape index (κ3) is 4.36. The molecule has 5 nitrogen and oxygen atoms in total. The van der Waals surface area contributed by atoms with Gasteiger partial charge in [0.2, 0.25) is 0 Å². The molecule has 0 spiro atoms. The summed E-state index contributed by atoms with van der Waals surface area (Å²) < 4.78 is 12.1. The number of carbonyl (C=O) groups is 1. The predicted octanol–water partition coefficient (Wildman–Crippen LogP) is 5.89. The summed E-state index contributed by atoms with van der Waals surface area (Å²) in [6, 6.07) is 20.5. The van der Waals surface area contributed by atoms with Crippen molar-refractivity contribution in [3.05, 3.63) is 88.0 Å². The van der Waals surface area contributed by atoms with Crippen LogP contribution in [0.2, 0.25) is 0 Å². The Morgan fingerprint density at radius 1 is 1.18 bits per heavy atom. The van der Waals surface area contributed by atoms with Gasteiger partial charge in [-0.25, -0.2) is 0 Å². The van der Waals surface area contributed by atoms with Crippen molar-refractivity contribution >= 4 is 17.7 Å². The van der Waals surface area contributed by atoms with Gasteiger partial charge >= 0.3 is 5.97 Å². The molecule has 0 fully saturated rings. The molecule has 0 amide bonds. The van der Waals surface area contributed by atoms with Gasteiger partial charge < -0.3 is 14.6 Å². The third-order valence-corrected chi connectivity index (χ3v) is 7.44. The molecule has 2 aliphatic rings. The molecule has 5 rings (SSSR count). The first-order chi connectivity index (χ1) is 16.6. The van der Waals surface area contributed by atoms with Crippen molar-refractivity contribution in [2.75, 3.05) is 12.9 Å². The zero-order chi connectivity index (χ0) is 23.7. The molecule has 0 radical (unpaired) electrons. The van der Waals surface area contributed by atoms with Crippen LogP contribution in [0.4, 0.5) is 0 Å². The van der Waals surface area contributed by atoms with Gasteiger partial charge in [-0.3, -0.25) is 4.79 Å². The fraction of sp³-hybridized carbons (Fsp3) is 0.286. The van der Waals surface area contributed by atoms with Crippen molar-refractivity contribution in [3.63, 3.8) is 0 Å². The van der Waals surface area contributed by atoms with Crippen molar-refractivity contribution < 1.29 is 19.4 Å². The Bertz CT molecular complexity index is 1280. The van der Waals surface area contributed by atoms with Crippen molar-refractivity contribution in [1.82, 2.24) is 0 Å². The highest BCUT2D eigenvalue weighted by molar-refractivity contribution is 7.98. The molecule has 3 aromatic rings. The summed E-state index contributed by atoms with van der Waals surface area (Å²) in [4.78, 5) is 12.3. The lowest BCUT2D eigenvalue weighted by Gasteiger charge is -2.17. The Balaban J connectivity index is 1.38. The van der Waals surface area contributed by atoms with Gasteiger partial charge in [0.05, 0.1) is 24.7 Å². The van der Waals surface area contributed by atoms with Crippen LogP contribution < -0.4 is 9.47 Å². The molecule has 1 aliphatic heterocycles. The number of nitrogens with zero attached hydrogens (tertiary/aromatic N) is 1. The molecule has 0 saturated carbocycles. The van der Waals surface area contributed by atoms with E-state index in [1.165, 1.54) is 16.0 Å². The van der Waals surface area contributed by atoms with Crippen LogP contribution in [0.25, 0.3) is 0 Å². The van der Waals surface area contributed by atoms with E-state index in [1.807, 2.05) is 30.3 Å². The van der Waals surface area contributed by atoms with Crippen LogP contribution in [0.5, 0.6) is 11.5 Å². The zero-order valence-electron chi connectivity index (χ0n) is 18.9. The second-order valence-electron chi connectivity index (χ2n) is 8.75. The van der Waals surface area contributed by atoms with Gasteiger partial charge in [0.15, 0.2) is 0 Å². The number of fused-ring (bicyclic) bond motifs is 2. The summed E-state index contributed by atoms with van der Waals surface area (Å²) in [6.45, 7) is 0.384. The largest absolute Gasteiger partial charge is 0.492 e. The van der Waals surface area contributed by atoms with E-state index in [0.717, 1.165) is 41.5 Å². The Morgan fingerprint density at radius 2 is 1.97 bits per heavy atom. The fourth-order valence-electron chi connectivity index (χ4n) is 4.99. The lowest BCUT2D eigenvalue weighted by molar-refractivity contribution is -0.137. The molecule has 1 heterocycles. The van der Waals surface area contributed by atoms with E-state index in [4.69, 9.17) is 14.6 Å². The SMILES string of the molecule is CSc1ccc(Cc2c(C#N)ccc3c2CCC3Oc2ccc3c(c2)OCC3CC(=O)O)cc1. The highest BCUT2D eigenvalue weighted by Gasteiger charge is 2.30. The van der Waals surface area contributed by atoms with Gasteiger partial charge in [-0.2, -0.15) is 5.26 Å². The maximum absolute atomic E-state index is 11.1. The van der Waals surface area contributed by atoms with Crippen LogP contribution in [0.3, 0.4) is 0 Å². The topological polar surface area (TPSA) is 79.5 Å². The van der Waals surface area contributed by atoms with Gasteiger partial charge in [-0.15, -0.1) is 11.8 Å². The monoisotopic (exact) mass is 471 g/mol. The molecule has 0 aromatic heterocycles. The van der Waals surface area contributed by atoms with Crippen LogP contribution in [0.15, 0.2) is 59.5 Å². The number of aliphatic carboxylic acids is 1. The van der Waals surface area contributed by atoms with Gasteiger partial charge in [0, 0.05) is 22.4 Å². The molecule has 1 aliphatic carbocycles. The molecular formula is C28H25NO4S. The number of thioether (sulfide) groups is 1. The summed E-state index contributed by atoms with van der Waals surface area (Å²) in [5.74, 6) is 0.477. The molecule has 3 aromatic carbocycles. The molecule has 172 valence electrons. The first-order valence-corrected chi connectivity index (χ1v) is 12.6. The summed E-state index contributed by atoms with van der Waals surface area (Å²) in [5.41, 5.74) is 6.30. The molecule has 6 heteroatoms.